The van der Waals surface area contributed by atoms with Crippen molar-refractivity contribution in [3.8, 4) is 0 Å². The highest BCUT2D eigenvalue weighted by molar-refractivity contribution is 7.91. The maximum Gasteiger partial charge on any atom is 0.323 e. The minimum absolute atomic E-state index is 0.0328. The highest BCUT2D eigenvalue weighted by Gasteiger charge is 2.34. The van der Waals surface area contributed by atoms with E-state index >= 15 is 0 Å². The zero-order valence-electron chi connectivity index (χ0n) is 10.6. The van der Waals surface area contributed by atoms with Gasteiger partial charge in [0.25, 0.3) is 0 Å². The van der Waals surface area contributed by atoms with Crippen LogP contribution in [-0.4, -0.2) is 42.6 Å². The van der Waals surface area contributed by atoms with Gasteiger partial charge in [0.1, 0.15) is 15.4 Å². The van der Waals surface area contributed by atoms with E-state index in [-0.39, 0.29) is 11.3 Å². The van der Waals surface area contributed by atoms with Crippen LogP contribution in [0.25, 0.3) is 0 Å². The normalized spacial score (nSPS) is 26.8. The van der Waals surface area contributed by atoms with Gasteiger partial charge in [0.2, 0.25) is 0 Å². The maximum atomic E-state index is 11.5. The summed E-state index contributed by atoms with van der Waals surface area (Å²) in [5.74, 6) is -0.918. The second kappa shape index (κ2) is 4.94. The Labute approximate surface area is 103 Å². The Bertz CT molecular complexity index is 388. The van der Waals surface area contributed by atoms with Gasteiger partial charge in [0.05, 0.1) is 5.25 Å². The zero-order chi connectivity index (χ0) is 13.3. The van der Waals surface area contributed by atoms with Crippen molar-refractivity contribution in [2.45, 2.75) is 56.4 Å². The first-order chi connectivity index (χ1) is 7.63. The summed E-state index contributed by atoms with van der Waals surface area (Å²) in [7, 11) is -3.02. The summed E-state index contributed by atoms with van der Waals surface area (Å²) in [5.41, 5.74) is -1.01. The van der Waals surface area contributed by atoms with Crippen molar-refractivity contribution in [1.29, 1.82) is 0 Å². The molecule has 0 aromatic carbocycles. The van der Waals surface area contributed by atoms with Crippen molar-refractivity contribution in [3.05, 3.63) is 0 Å². The molecule has 0 heterocycles. The van der Waals surface area contributed by atoms with E-state index in [1.54, 1.807) is 13.8 Å². The topological polar surface area (TPSA) is 83.5 Å². The van der Waals surface area contributed by atoms with E-state index in [4.69, 9.17) is 5.11 Å². The number of carboxylic acid groups (broad SMARTS) is 1. The summed E-state index contributed by atoms with van der Waals surface area (Å²) in [4.78, 5) is 11.0. The molecule has 1 aliphatic rings. The average molecular weight is 263 g/mol. The van der Waals surface area contributed by atoms with E-state index in [2.05, 4.69) is 5.32 Å². The molecular formula is C11H21NO4S. The molecule has 0 radical (unpaired) electrons. The van der Waals surface area contributed by atoms with E-state index in [0.717, 1.165) is 12.8 Å². The predicted molar refractivity (Wildman–Crippen MR) is 65.7 cm³/mol. The van der Waals surface area contributed by atoms with Crippen LogP contribution >= 0.6 is 0 Å². The van der Waals surface area contributed by atoms with Crippen molar-refractivity contribution >= 4 is 15.8 Å². The Morgan fingerprint density at radius 1 is 1.35 bits per heavy atom. The third-order valence-electron chi connectivity index (χ3n) is 3.33. The standard InChI is InChI=1S/C11H21NO4S/c1-11(2,10(13)14)12-8-5-4-6-9(7-8)17(3,15)16/h8-9,12H,4-7H2,1-3H3,(H,13,14). The van der Waals surface area contributed by atoms with Gasteiger partial charge < -0.3 is 5.11 Å². The summed E-state index contributed by atoms with van der Waals surface area (Å²) in [5, 5.41) is 11.7. The first kappa shape index (κ1) is 14.4. The van der Waals surface area contributed by atoms with Crippen LogP contribution in [0.4, 0.5) is 0 Å². The second-order valence-electron chi connectivity index (χ2n) is 5.39. The fourth-order valence-electron chi connectivity index (χ4n) is 2.24. The van der Waals surface area contributed by atoms with Gasteiger partial charge in [0, 0.05) is 12.3 Å². The Balaban J connectivity index is 2.66. The molecule has 1 saturated carbocycles. The minimum Gasteiger partial charge on any atom is -0.480 e. The van der Waals surface area contributed by atoms with Gasteiger partial charge in [-0.1, -0.05) is 6.42 Å². The van der Waals surface area contributed by atoms with Gasteiger partial charge in [-0.3, -0.25) is 10.1 Å². The number of hydrogen-bond acceptors (Lipinski definition) is 4. The number of hydrogen-bond donors (Lipinski definition) is 2. The summed E-state index contributed by atoms with van der Waals surface area (Å²) in [6.45, 7) is 3.19. The molecule has 2 atom stereocenters. The number of aliphatic carboxylic acids is 1. The van der Waals surface area contributed by atoms with E-state index in [1.165, 1.54) is 6.26 Å². The van der Waals surface area contributed by atoms with Gasteiger partial charge in [0.15, 0.2) is 0 Å². The smallest absolute Gasteiger partial charge is 0.323 e. The molecule has 1 aliphatic carbocycles. The number of nitrogens with one attached hydrogen (secondary N) is 1. The van der Waals surface area contributed by atoms with Gasteiger partial charge in [-0.05, 0) is 33.1 Å². The number of carboxylic acids is 1. The second-order valence-corrected chi connectivity index (χ2v) is 7.72. The van der Waals surface area contributed by atoms with Crippen molar-refractivity contribution in [2.24, 2.45) is 0 Å². The van der Waals surface area contributed by atoms with E-state index in [1.807, 2.05) is 0 Å². The van der Waals surface area contributed by atoms with Crippen molar-refractivity contribution in [2.75, 3.05) is 6.26 Å². The molecule has 2 unspecified atom stereocenters. The van der Waals surface area contributed by atoms with Crippen LogP contribution in [0.1, 0.15) is 39.5 Å². The number of carbonyl (C=O) groups is 1. The first-order valence-electron chi connectivity index (χ1n) is 5.83. The lowest BCUT2D eigenvalue weighted by atomic mass is 9.92. The van der Waals surface area contributed by atoms with Gasteiger partial charge in [-0.15, -0.1) is 0 Å². The largest absolute Gasteiger partial charge is 0.480 e. The highest BCUT2D eigenvalue weighted by atomic mass is 32.2. The predicted octanol–water partition coefficient (Wildman–Crippen LogP) is 0.795. The molecule has 2 N–H and O–H groups in total. The molecule has 1 rings (SSSR count). The van der Waals surface area contributed by atoms with Crippen LogP contribution in [0.3, 0.4) is 0 Å². The monoisotopic (exact) mass is 263 g/mol. The molecule has 0 saturated heterocycles. The van der Waals surface area contributed by atoms with E-state index in [9.17, 15) is 13.2 Å². The molecule has 0 spiro atoms. The molecular weight excluding hydrogens is 242 g/mol. The summed E-state index contributed by atoms with van der Waals surface area (Å²) in [6.07, 6.45) is 4.11. The lowest BCUT2D eigenvalue weighted by Gasteiger charge is -2.33. The molecule has 0 aromatic rings. The van der Waals surface area contributed by atoms with Crippen LogP contribution in [0, 0.1) is 0 Å². The molecule has 0 amide bonds. The quantitative estimate of drug-likeness (QED) is 0.783. The van der Waals surface area contributed by atoms with Gasteiger partial charge in [-0.25, -0.2) is 8.42 Å². The van der Waals surface area contributed by atoms with Crippen LogP contribution in [0.5, 0.6) is 0 Å². The van der Waals surface area contributed by atoms with Gasteiger partial charge in [-0.2, -0.15) is 0 Å². The molecule has 17 heavy (non-hydrogen) atoms. The molecule has 100 valence electrons. The fraction of sp³-hybridized carbons (Fsp3) is 0.909. The van der Waals surface area contributed by atoms with Crippen molar-refractivity contribution in [1.82, 2.24) is 5.32 Å². The molecule has 0 aliphatic heterocycles. The zero-order valence-corrected chi connectivity index (χ0v) is 11.4. The number of rotatable bonds is 4. The van der Waals surface area contributed by atoms with E-state index in [0.29, 0.717) is 12.8 Å². The third-order valence-corrected chi connectivity index (χ3v) is 4.97. The first-order valence-corrected chi connectivity index (χ1v) is 7.78. The van der Waals surface area contributed by atoms with Crippen molar-refractivity contribution < 1.29 is 18.3 Å². The highest BCUT2D eigenvalue weighted by Crippen LogP contribution is 2.25. The summed E-state index contributed by atoms with van der Waals surface area (Å²) < 4.78 is 23.0. The van der Waals surface area contributed by atoms with Gasteiger partial charge >= 0.3 is 5.97 Å². The van der Waals surface area contributed by atoms with Crippen LogP contribution in [0.2, 0.25) is 0 Å². The maximum absolute atomic E-state index is 11.5. The SMILES string of the molecule is CC(C)(NC1CCCC(S(C)(=O)=O)C1)C(=O)O. The summed E-state index contributed by atoms with van der Waals surface area (Å²) >= 11 is 0. The average Bonchev–Trinajstić information content (AvgIpc) is 2.15. The molecule has 0 bridgehead atoms. The summed E-state index contributed by atoms with van der Waals surface area (Å²) in [6, 6.07) is -0.0328. The fourth-order valence-corrected chi connectivity index (χ4v) is 3.41. The number of sulfone groups is 1. The Morgan fingerprint density at radius 3 is 2.41 bits per heavy atom. The Hall–Kier alpha value is -0.620. The lowest BCUT2D eigenvalue weighted by Crippen LogP contribution is -2.53. The Morgan fingerprint density at radius 2 is 1.94 bits per heavy atom. The lowest BCUT2D eigenvalue weighted by molar-refractivity contribution is -0.143. The molecule has 1 fully saturated rings. The van der Waals surface area contributed by atoms with Crippen molar-refractivity contribution in [3.63, 3.8) is 0 Å². The minimum atomic E-state index is -3.02. The molecule has 0 aromatic heterocycles. The molecule has 5 nitrogen and oxygen atoms in total. The van der Waals surface area contributed by atoms with Crippen LogP contribution in [-0.2, 0) is 14.6 Å². The van der Waals surface area contributed by atoms with Crippen LogP contribution in [0.15, 0.2) is 0 Å². The van der Waals surface area contributed by atoms with Crippen LogP contribution < -0.4 is 5.32 Å². The van der Waals surface area contributed by atoms with E-state index < -0.39 is 21.3 Å². The Kier molecular flexibility index (Phi) is 4.19. The third kappa shape index (κ3) is 3.96. The molecule has 6 heteroatoms.